The van der Waals surface area contributed by atoms with Crippen LogP contribution < -0.4 is 10.3 Å². The Labute approximate surface area is 87.7 Å². The van der Waals surface area contributed by atoms with Gasteiger partial charge in [-0.15, -0.1) is 0 Å². The largest absolute Gasteiger partial charge is 0.468 e. The van der Waals surface area contributed by atoms with Gasteiger partial charge >= 0.3 is 0 Å². The zero-order chi connectivity index (χ0) is 11.4. The van der Waals surface area contributed by atoms with Gasteiger partial charge in [0.2, 0.25) is 0 Å². The van der Waals surface area contributed by atoms with E-state index in [4.69, 9.17) is 4.74 Å². The van der Waals surface area contributed by atoms with Gasteiger partial charge in [-0.3, -0.25) is 14.2 Å². The van der Waals surface area contributed by atoms with Crippen LogP contribution in [0.15, 0.2) is 10.9 Å². The standard InChI is InChI=1S/C10H14N2O3/c1-7-6-9(14)12(5-4-8(2)13)10(11-7)15-3/h6H,4-5H2,1-3H3. The maximum atomic E-state index is 11.6. The summed E-state index contributed by atoms with van der Waals surface area (Å²) in [5.74, 6) is 0.0320. The van der Waals surface area contributed by atoms with Gasteiger partial charge in [-0.25, -0.2) is 4.98 Å². The smallest absolute Gasteiger partial charge is 0.299 e. The van der Waals surface area contributed by atoms with E-state index in [0.29, 0.717) is 18.7 Å². The quantitative estimate of drug-likeness (QED) is 0.727. The van der Waals surface area contributed by atoms with Crippen molar-refractivity contribution in [1.82, 2.24) is 9.55 Å². The Bertz CT molecular complexity index is 423. The van der Waals surface area contributed by atoms with Gasteiger partial charge in [0.15, 0.2) is 0 Å². The van der Waals surface area contributed by atoms with Gasteiger partial charge in [0.1, 0.15) is 5.78 Å². The molecule has 1 aromatic rings. The second kappa shape index (κ2) is 4.72. The van der Waals surface area contributed by atoms with Gasteiger partial charge in [-0.05, 0) is 13.8 Å². The van der Waals surface area contributed by atoms with E-state index < -0.39 is 0 Å². The Morgan fingerprint density at radius 2 is 2.27 bits per heavy atom. The lowest BCUT2D eigenvalue weighted by molar-refractivity contribution is -0.117. The Hall–Kier alpha value is -1.65. The lowest BCUT2D eigenvalue weighted by Gasteiger charge is -2.09. The first-order chi connectivity index (χ1) is 7.04. The Kier molecular flexibility index (Phi) is 3.60. The number of ketones is 1. The fourth-order valence-corrected chi connectivity index (χ4v) is 1.23. The monoisotopic (exact) mass is 210 g/mol. The number of Topliss-reactive ketones (excluding diaryl/α,β-unsaturated/α-hetero) is 1. The van der Waals surface area contributed by atoms with Gasteiger partial charge in [0.25, 0.3) is 11.6 Å². The first-order valence-electron chi connectivity index (χ1n) is 4.66. The van der Waals surface area contributed by atoms with Crippen LogP contribution >= 0.6 is 0 Å². The molecular weight excluding hydrogens is 196 g/mol. The van der Waals surface area contributed by atoms with Crippen LogP contribution in [0.3, 0.4) is 0 Å². The summed E-state index contributed by atoms with van der Waals surface area (Å²) in [5.41, 5.74) is 0.413. The molecule has 0 amide bonds. The van der Waals surface area contributed by atoms with E-state index >= 15 is 0 Å². The minimum absolute atomic E-state index is 0.0320. The molecule has 5 nitrogen and oxygen atoms in total. The number of carbonyl (C=O) groups is 1. The molecule has 0 fully saturated rings. The highest BCUT2D eigenvalue weighted by Crippen LogP contribution is 2.05. The molecule has 0 bridgehead atoms. The fraction of sp³-hybridized carbons (Fsp3) is 0.500. The molecule has 0 aliphatic heterocycles. The number of hydrogen-bond donors (Lipinski definition) is 0. The fourth-order valence-electron chi connectivity index (χ4n) is 1.23. The number of aryl methyl sites for hydroxylation is 1. The van der Waals surface area contributed by atoms with E-state index in [1.165, 1.54) is 24.7 Å². The van der Waals surface area contributed by atoms with Crippen molar-refractivity contribution in [1.29, 1.82) is 0 Å². The third-order valence-electron chi connectivity index (χ3n) is 1.97. The van der Waals surface area contributed by atoms with Crippen molar-refractivity contribution in [3.63, 3.8) is 0 Å². The topological polar surface area (TPSA) is 61.2 Å². The van der Waals surface area contributed by atoms with Crippen molar-refractivity contribution in [2.24, 2.45) is 0 Å². The van der Waals surface area contributed by atoms with Crippen molar-refractivity contribution < 1.29 is 9.53 Å². The van der Waals surface area contributed by atoms with Crippen LogP contribution in [0.5, 0.6) is 6.01 Å². The molecule has 1 rings (SSSR count). The van der Waals surface area contributed by atoms with Crippen LogP contribution in [0, 0.1) is 6.92 Å². The molecule has 0 aliphatic carbocycles. The predicted octanol–water partition coefficient (Wildman–Crippen LogP) is 0.539. The lowest BCUT2D eigenvalue weighted by atomic mass is 10.3. The normalized spacial score (nSPS) is 10.1. The van der Waals surface area contributed by atoms with E-state index in [2.05, 4.69) is 4.98 Å². The van der Waals surface area contributed by atoms with Crippen LogP contribution in [-0.4, -0.2) is 22.4 Å². The van der Waals surface area contributed by atoms with E-state index in [0.717, 1.165) is 0 Å². The zero-order valence-electron chi connectivity index (χ0n) is 9.11. The zero-order valence-corrected chi connectivity index (χ0v) is 9.11. The van der Waals surface area contributed by atoms with Gasteiger partial charge in [-0.2, -0.15) is 0 Å². The first-order valence-corrected chi connectivity index (χ1v) is 4.66. The molecule has 0 aromatic carbocycles. The van der Waals surface area contributed by atoms with Crippen molar-refractivity contribution in [2.45, 2.75) is 26.8 Å². The Morgan fingerprint density at radius 1 is 1.60 bits per heavy atom. The van der Waals surface area contributed by atoms with E-state index in [1.807, 2.05) is 0 Å². The molecule has 0 radical (unpaired) electrons. The molecule has 0 saturated carbocycles. The predicted molar refractivity (Wildman–Crippen MR) is 55.1 cm³/mol. The maximum absolute atomic E-state index is 11.6. The summed E-state index contributed by atoms with van der Waals surface area (Å²) in [6.45, 7) is 3.52. The van der Waals surface area contributed by atoms with E-state index in [-0.39, 0.29) is 17.4 Å². The third-order valence-corrected chi connectivity index (χ3v) is 1.97. The van der Waals surface area contributed by atoms with Crippen LogP contribution in [0.1, 0.15) is 19.0 Å². The van der Waals surface area contributed by atoms with Crippen molar-refractivity contribution >= 4 is 5.78 Å². The number of hydrogen-bond acceptors (Lipinski definition) is 4. The van der Waals surface area contributed by atoms with E-state index in [1.54, 1.807) is 6.92 Å². The first kappa shape index (κ1) is 11.4. The SMILES string of the molecule is COc1nc(C)cc(=O)n1CCC(C)=O. The highest BCUT2D eigenvalue weighted by atomic mass is 16.5. The molecule has 0 N–H and O–H groups in total. The molecule has 1 aromatic heterocycles. The Morgan fingerprint density at radius 3 is 2.80 bits per heavy atom. The van der Waals surface area contributed by atoms with Crippen molar-refractivity contribution in [3.05, 3.63) is 22.1 Å². The summed E-state index contributed by atoms with van der Waals surface area (Å²) in [4.78, 5) is 26.4. The molecule has 0 unspecified atom stereocenters. The molecule has 0 aliphatic rings. The molecule has 0 saturated heterocycles. The lowest BCUT2D eigenvalue weighted by Crippen LogP contribution is -2.23. The number of methoxy groups -OCH3 is 1. The van der Waals surface area contributed by atoms with Gasteiger partial charge < -0.3 is 4.74 Å². The number of nitrogens with zero attached hydrogens (tertiary/aromatic N) is 2. The average molecular weight is 210 g/mol. The molecular formula is C10H14N2O3. The van der Waals surface area contributed by atoms with Crippen LogP contribution in [0.2, 0.25) is 0 Å². The van der Waals surface area contributed by atoms with E-state index in [9.17, 15) is 9.59 Å². The Balaban J connectivity index is 3.04. The van der Waals surface area contributed by atoms with Gasteiger partial charge in [0, 0.05) is 24.7 Å². The van der Waals surface area contributed by atoms with Crippen molar-refractivity contribution in [3.8, 4) is 6.01 Å². The summed E-state index contributed by atoms with van der Waals surface area (Å²) in [6, 6.07) is 1.67. The number of rotatable bonds is 4. The second-order valence-electron chi connectivity index (χ2n) is 3.33. The molecule has 0 spiro atoms. The summed E-state index contributed by atoms with van der Waals surface area (Å²) >= 11 is 0. The minimum Gasteiger partial charge on any atom is -0.468 e. The van der Waals surface area contributed by atoms with Crippen LogP contribution in [0.25, 0.3) is 0 Å². The number of ether oxygens (including phenoxy) is 1. The highest BCUT2D eigenvalue weighted by molar-refractivity contribution is 5.75. The number of aromatic nitrogens is 2. The summed E-state index contributed by atoms with van der Waals surface area (Å²) < 4.78 is 6.34. The van der Waals surface area contributed by atoms with Gasteiger partial charge in [0.05, 0.1) is 7.11 Å². The molecule has 5 heteroatoms. The molecule has 0 atom stereocenters. The van der Waals surface area contributed by atoms with Gasteiger partial charge in [-0.1, -0.05) is 0 Å². The maximum Gasteiger partial charge on any atom is 0.299 e. The summed E-state index contributed by atoms with van der Waals surface area (Å²) in [6.07, 6.45) is 0.307. The summed E-state index contributed by atoms with van der Waals surface area (Å²) in [5, 5.41) is 0. The summed E-state index contributed by atoms with van der Waals surface area (Å²) in [7, 11) is 1.45. The minimum atomic E-state index is -0.194. The van der Waals surface area contributed by atoms with Crippen LogP contribution in [-0.2, 0) is 11.3 Å². The average Bonchev–Trinajstić information content (AvgIpc) is 2.14. The highest BCUT2D eigenvalue weighted by Gasteiger charge is 2.07. The molecule has 1 heterocycles. The number of carbonyl (C=O) groups excluding carboxylic acids is 1. The van der Waals surface area contributed by atoms with Crippen LogP contribution in [0.4, 0.5) is 0 Å². The third kappa shape index (κ3) is 2.90. The molecule has 15 heavy (non-hydrogen) atoms. The van der Waals surface area contributed by atoms with Crippen molar-refractivity contribution in [2.75, 3.05) is 7.11 Å². The molecule has 82 valence electrons. The second-order valence-corrected chi connectivity index (χ2v) is 3.33.